The smallest absolute Gasteiger partial charge is 0.310 e. The first kappa shape index (κ1) is 15.4. The highest BCUT2D eigenvalue weighted by atomic mass is 16.5. The molecule has 1 atom stereocenters. The van der Waals surface area contributed by atoms with Crippen LogP contribution < -0.4 is 4.74 Å². The summed E-state index contributed by atoms with van der Waals surface area (Å²) < 4.78 is 9.83. The van der Waals surface area contributed by atoms with Gasteiger partial charge in [0.2, 0.25) is 5.91 Å². The van der Waals surface area contributed by atoms with Crippen LogP contribution in [-0.2, 0) is 20.7 Å². The SMILES string of the molecule is COC(=O)C1CCN(C(=O)CCc2ccc(OC)cc2)C1. The van der Waals surface area contributed by atoms with Gasteiger partial charge in [0.15, 0.2) is 0 Å². The maximum Gasteiger partial charge on any atom is 0.310 e. The van der Waals surface area contributed by atoms with E-state index >= 15 is 0 Å². The van der Waals surface area contributed by atoms with E-state index in [4.69, 9.17) is 9.47 Å². The number of ether oxygens (including phenoxy) is 2. The topological polar surface area (TPSA) is 55.8 Å². The average molecular weight is 291 g/mol. The Morgan fingerprint density at radius 1 is 1.24 bits per heavy atom. The fourth-order valence-corrected chi connectivity index (χ4v) is 2.55. The summed E-state index contributed by atoms with van der Waals surface area (Å²) in [7, 11) is 3.01. The molecule has 0 N–H and O–H groups in total. The summed E-state index contributed by atoms with van der Waals surface area (Å²) in [6, 6.07) is 7.71. The number of nitrogens with zero attached hydrogens (tertiary/aromatic N) is 1. The first-order valence-corrected chi connectivity index (χ1v) is 7.12. The van der Waals surface area contributed by atoms with Crippen LogP contribution >= 0.6 is 0 Å². The quantitative estimate of drug-likeness (QED) is 0.774. The highest BCUT2D eigenvalue weighted by Gasteiger charge is 2.31. The van der Waals surface area contributed by atoms with Gasteiger partial charge in [-0.2, -0.15) is 0 Å². The minimum Gasteiger partial charge on any atom is -0.497 e. The lowest BCUT2D eigenvalue weighted by Crippen LogP contribution is -2.30. The van der Waals surface area contributed by atoms with Crippen LogP contribution in [-0.4, -0.2) is 44.1 Å². The van der Waals surface area contributed by atoms with Crippen LogP contribution in [0.4, 0.5) is 0 Å². The van der Waals surface area contributed by atoms with Gasteiger partial charge < -0.3 is 14.4 Å². The summed E-state index contributed by atoms with van der Waals surface area (Å²) >= 11 is 0. The van der Waals surface area contributed by atoms with Crippen molar-refractivity contribution in [3.63, 3.8) is 0 Å². The number of carbonyl (C=O) groups excluding carboxylic acids is 2. The molecule has 1 saturated heterocycles. The van der Waals surface area contributed by atoms with Crippen molar-refractivity contribution in [3.8, 4) is 5.75 Å². The second kappa shape index (κ2) is 7.11. The molecular weight excluding hydrogens is 270 g/mol. The predicted octanol–water partition coefficient (Wildman–Crippen LogP) is 1.65. The van der Waals surface area contributed by atoms with E-state index in [9.17, 15) is 9.59 Å². The molecule has 1 aromatic carbocycles. The molecule has 0 spiro atoms. The number of likely N-dealkylation sites (tertiary alicyclic amines) is 1. The lowest BCUT2D eigenvalue weighted by Gasteiger charge is -2.16. The van der Waals surface area contributed by atoms with Crippen molar-refractivity contribution >= 4 is 11.9 Å². The lowest BCUT2D eigenvalue weighted by atomic mass is 10.1. The van der Waals surface area contributed by atoms with E-state index in [1.54, 1.807) is 12.0 Å². The number of rotatable bonds is 5. The molecule has 1 amide bonds. The zero-order valence-electron chi connectivity index (χ0n) is 12.5. The van der Waals surface area contributed by atoms with Gasteiger partial charge in [-0.3, -0.25) is 9.59 Å². The fraction of sp³-hybridized carbons (Fsp3) is 0.500. The van der Waals surface area contributed by atoms with Gasteiger partial charge in [-0.15, -0.1) is 0 Å². The maximum atomic E-state index is 12.1. The van der Waals surface area contributed by atoms with E-state index in [0.717, 1.165) is 11.3 Å². The molecule has 0 saturated carbocycles. The molecule has 0 radical (unpaired) electrons. The van der Waals surface area contributed by atoms with Crippen LogP contribution in [0.1, 0.15) is 18.4 Å². The summed E-state index contributed by atoms with van der Waals surface area (Å²) in [4.78, 5) is 25.4. The number of esters is 1. The molecule has 21 heavy (non-hydrogen) atoms. The van der Waals surface area contributed by atoms with E-state index in [1.165, 1.54) is 7.11 Å². The summed E-state index contributed by atoms with van der Waals surface area (Å²) in [6.07, 6.45) is 1.85. The second-order valence-corrected chi connectivity index (χ2v) is 5.20. The van der Waals surface area contributed by atoms with Crippen LogP contribution in [0, 0.1) is 5.92 Å². The third-order valence-corrected chi connectivity index (χ3v) is 3.86. The molecule has 5 heteroatoms. The van der Waals surface area contributed by atoms with Crippen LogP contribution in [0.25, 0.3) is 0 Å². The number of benzene rings is 1. The number of amides is 1. The third-order valence-electron chi connectivity index (χ3n) is 3.86. The Balaban J connectivity index is 1.80. The van der Waals surface area contributed by atoms with Crippen LogP contribution in [0.5, 0.6) is 5.75 Å². The van der Waals surface area contributed by atoms with E-state index in [-0.39, 0.29) is 17.8 Å². The van der Waals surface area contributed by atoms with Gasteiger partial charge >= 0.3 is 5.97 Å². The zero-order valence-corrected chi connectivity index (χ0v) is 12.5. The highest BCUT2D eigenvalue weighted by Crippen LogP contribution is 2.19. The van der Waals surface area contributed by atoms with E-state index in [1.807, 2.05) is 24.3 Å². The number of hydrogen-bond acceptors (Lipinski definition) is 4. The molecule has 2 rings (SSSR count). The minimum atomic E-state index is -0.222. The first-order valence-electron chi connectivity index (χ1n) is 7.12. The normalized spacial score (nSPS) is 17.6. The van der Waals surface area contributed by atoms with Crippen LogP contribution in [0.3, 0.4) is 0 Å². The molecule has 0 bridgehead atoms. The molecule has 1 aromatic rings. The largest absolute Gasteiger partial charge is 0.497 e. The number of aryl methyl sites for hydroxylation is 1. The Morgan fingerprint density at radius 2 is 1.95 bits per heavy atom. The molecule has 1 heterocycles. The number of carbonyl (C=O) groups is 2. The van der Waals surface area contributed by atoms with Gasteiger partial charge in [0, 0.05) is 19.5 Å². The maximum absolute atomic E-state index is 12.1. The number of hydrogen-bond donors (Lipinski definition) is 0. The fourth-order valence-electron chi connectivity index (χ4n) is 2.55. The lowest BCUT2D eigenvalue weighted by molar-refractivity contribution is -0.145. The second-order valence-electron chi connectivity index (χ2n) is 5.20. The molecule has 1 fully saturated rings. The summed E-state index contributed by atoms with van der Waals surface area (Å²) in [5.74, 6) is 0.517. The predicted molar refractivity (Wildman–Crippen MR) is 78.0 cm³/mol. The van der Waals surface area contributed by atoms with Crippen molar-refractivity contribution in [1.29, 1.82) is 0 Å². The van der Waals surface area contributed by atoms with Gasteiger partial charge in [0.1, 0.15) is 5.75 Å². The first-order chi connectivity index (χ1) is 10.1. The van der Waals surface area contributed by atoms with Gasteiger partial charge in [-0.25, -0.2) is 0 Å². The van der Waals surface area contributed by atoms with E-state index < -0.39 is 0 Å². The van der Waals surface area contributed by atoms with Crippen molar-refractivity contribution in [3.05, 3.63) is 29.8 Å². The average Bonchev–Trinajstić information content (AvgIpc) is 3.02. The standard InChI is InChI=1S/C16H21NO4/c1-20-14-6-3-12(4-7-14)5-8-15(18)17-10-9-13(11-17)16(19)21-2/h3-4,6-7,13H,5,8-11H2,1-2H3. The van der Waals surface area contributed by atoms with Gasteiger partial charge in [-0.1, -0.05) is 12.1 Å². The summed E-state index contributed by atoms with van der Waals surface area (Å²) in [5.41, 5.74) is 1.10. The molecule has 1 unspecified atom stereocenters. The molecule has 1 aliphatic rings. The van der Waals surface area contributed by atoms with Gasteiger partial charge in [-0.05, 0) is 30.5 Å². The Bertz CT molecular complexity index is 498. The van der Waals surface area contributed by atoms with Crippen molar-refractivity contribution in [2.24, 2.45) is 5.92 Å². The molecule has 0 aromatic heterocycles. The summed E-state index contributed by atoms with van der Waals surface area (Å²) in [5, 5.41) is 0. The van der Waals surface area contributed by atoms with Crippen molar-refractivity contribution in [2.45, 2.75) is 19.3 Å². The molecule has 114 valence electrons. The molecular formula is C16H21NO4. The van der Waals surface area contributed by atoms with Crippen molar-refractivity contribution in [2.75, 3.05) is 27.3 Å². The zero-order chi connectivity index (χ0) is 15.2. The van der Waals surface area contributed by atoms with Crippen LogP contribution in [0.15, 0.2) is 24.3 Å². The highest BCUT2D eigenvalue weighted by molar-refractivity contribution is 5.79. The number of methoxy groups -OCH3 is 2. The van der Waals surface area contributed by atoms with E-state index in [2.05, 4.69) is 0 Å². The van der Waals surface area contributed by atoms with Crippen LogP contribution in [0.2, 0.25) is 0 Å². The molecule has 1 aliphatic heterocycles. The minimum absolute atomic E-state index is 0.0946. The Kier molecular flexibility index (Phi) is 5.20. The summed E-state index contributed by atoms with van der Waals surface area (Å²) in [6.45, 7) is 1.12. The molecule has 5 nitrogen and oxygen atoms in total. The van der Waals surface area contributed by atoms with Crippen molar-refractivity contribution in [1.82, 2.24) is 4.90 Å². The van der Waals surface area contributed by atoms with Gasteiger partial charge in [0.05, 0.1) is 20.1 Å². The molecule has 0 aliphatic carbocycles. The van der Waals surface area contributed by atoms with Gasteiger partial charge in [0.25, 0.3) is 0 Å². The Labute approximate surface area is 124 Å². The van der Waals surface area contributed by atoms with Crippen molar-refractivity contribution < 1.29 is 19.1 Å². The van der Waals surface area contributed by atoms with E-state index in [0.29, 0.717) is 32.4 Å². The third kappa shape index (κ3) is 3.97. The Hall–Kier alpha value is -2.04. The monoisotopic (exact) mass is 291 g/mol. The Morgan fingerprint density at radius 3 is 2.57 bits per heavy atom.